The lowest BCUT2D eigenvalue weighted by Crippen LogP contribution is -2.49. The Kier molecular flexibility index (Phi) is 4.78. The Balaban J connectivity index is 1.69. The molecule has 0 aromatic heterocycles. The van der Waals surface area contributed by atoms with Gasteiger partial charge in [0.15, 0.2) is 0 Å². The molecule has 1 aromatic rings. The van der Waals surface area contributed by atoms with E-state index in [9.17, 15) is 0 Å². The first kappa shape index (κ1) is 14.8. The Bertz CT molecular complexity index is 460. The number of hydrogen-bond acceptors (Lipinski definition) is 4. The molecule has 2 aliphatic rings. The molecule has 3 rings (SSSR count). The number of likely N-dealkylation sites (N-methyl/N-ethyl adjacent to an activating group) is 2. The van der Waals surface area contributed by atoms with Crippen LogP contribution >= 0.6 is 0 Å². The molecule has 0 aliphatic carbocycles. The van der Waals surface area contributed by atoms with E-state index >= 15 is 0 Å². The molecule has 0 saturated carbocycles. The average molecular weight is 290 g/mol. The minimum Gasteiger partial charge on any atom is -0.492 e. The maximum atomic E-state index is 5.97. The molecule has 1 N–H and O–H groups in total. The van der Waals surface area contributed by atoms with Crippen LogP contribution in [0.25, 0.3) is 0 Å². The molecule has 0 radical (unpaired) electrons. The van der Waals surface area contributed by atoms with E-state index < -0.39 is 0 Å². The van der Waals surface area contributed by atoms with Gasteiger partial charge in [-0.05, 0) is 38.9 Å². The molecule has 0 bridgehead atoms. The molecule has 1 saturated heterocycles. The van der Waals surface area contributed by atoms with Crippen LogP contribution in [0.15, 0.2) is 24.3 Å². The third kappa shape index (κ3) is 3.23. The molecule has 4 heteroatoms. The van der Waals surface area contributed by atoms with Crippen LogP contribution < -0.4 is 10.1 Å². The van der Waals surface area contributed by atoms with Gasteiger partial charge in [0, 0.05) is 18.7 Å². The molecule has 4 nitrogen and oxygen atoms in total. The summed E-state index contributed by atoms with van der Waals surface area (Å²) in [7, 11) is 4.25. The van der Waals surface area contributed by atoms with Crippen LogP contribution in [0.4, 0.5) is 0 Å². The van der Waals surface area contributed by atoms with Gasteiger partial charge >= 0.3 is 0 Å². The van der Waals surface area contributed by atoms with Gasteiger partial charge in [0.1, 0.15) is 12.4 Å². The predicted octanol–water partition coefficient (Wildman–Crippen LogP) is 2.07. The number of rotatable bonds is 4. The van der Waals surface area contributed by atoms with E-state index in [-0.39, 0.29) is 0 Å². The summed E-state index contributed by atoms with van der Waals surface area (Å²) in [6, 6.07) is 9.04. The minimum absolute atomic E-state index is 0.324. The molecule has 21 heavy (non-hydrogen) atoms. The van der Waals surface area contributed by atoms with Crippen molar-refractivity contribution in [2.75, 3.05) is 40.5 Å². The third-order valence-corrected chi connectivity index (χ3v) is 4.73. The zero-order chi connectivity index (χ0) is 14.7. The normalized spacial score (nSPS) is 29.0. The second-order valence-electron chi connectivity index (χ2n) is 6.21. The Morgan fingerprint density at radius 3 is 2.90 bits per heavy atom. The first-order valence-corrected chi connectivity index (χ1v) is 7.96. The van der Waals surface area contributed by atoms with E-state index in [4.69, 9.17) is 9.47 Å². The summed E-state index contributed by atoms with van der Waals surface area (Å²) in [5, 5.41) is 3.48. The van der Waals surface area contributed by atoms with Crippen molar-refractivity contribution in [1.29, 1.82) is 0 Å². The number of nitrogens with zero attached hydrogens (tertiary/aromatic N) is 1. The Morgan fingerprint density at radius 2 is 2.14 bits per heavy atom. The van der Waals surface area contributed by atoms with Gasteiger partial charge in [0.25, 0.3) is 0 Å². The number of para-hydroxylation sites is 1. The zero-order valence-corrected chi connectivity index (χ0v) is 13.0. The summed E-state index contributed by atoms with van der Waals surface area (Å²) in [5.74, 6) is 1.67. The second kappa shape index (κ2) is 6.77. The molecular weight excluding hydrogens is 264 g/mol. The smallest absolute Gasteiger partial charge is 0.124 e. The van der Waals surface area contributed by atoms with Crippen molar-refractivity contribution in [3.8, 4) is 5.75 Å². The second-order valence-corrected chi connectivity index (χ2v) is 6.21. The zero-order valence-electron chi connectivity index (χ0n) is 13.0. The highest BCUT2D eigenvalue weighted by Gasteiger charge is 2.33. The molecule has 0 spiro atoms. The van der Waals surface area contributed by atoms with Gasteiger partial charge in [0.2, 0.25) is 0 Å². The maximum Gasteiger partial charge on any atom is 0.124 e. The number of hydrogen-bond donors (Lipinski definition) is 1. The molecule has 2 aliphatic heterocycles. The van der Waals surface area contributed by atoms with Crippen LogP contribution in [0.1, 0.15) is 24.4 Å². The van der Waals surface area contributed by atoms with Crippen molar-refractivity contribution in [3.63, 3.8) is 0 Å². The quantitative estimate of drug-likeness (QED) is 0.920. The summed E-state index contributed by atoms with van der Waals surface area (Å²) in [5.41, 5.74) is 1.27. The van der Waals surface area contributed by atoms with E-state index in [2.05, 4.69) is 35.5 Å². The molecule has 2 heterocycles. The number of benzene rings is 1. The summed E-state index contributed by atoms with van der Waals surface area (Å²) in [6.45, 7) is 3.65. The monoisotopic (exact) mass is 290 g/mol. The summed E-state index contributed by atoms with van der Waals surface area (Å²) in [4.78, 5) is 2.44. The van der Waals surface area contributed by atoms with Gasteiger partial charge in [-0.15, -0.1) is 0 Å². The molecule has 1 aromatic carbocycles. The fraction of sp³-hybridized carbons (Fsp3) is 0.647. The first-order valence-electron chi connectivity index (χ1n) is 7.96. The fourth-order valence-electron chi connectivity index (χ4n) is 3.57. The predicted molar refractivity (Wildman–Crippen MR) is 83.7 cm³/mol. The largest absolute Gasteiger partial charge is 0.492 e. The van der Waals surface area contributed by atoms with Gasteiger partial charge in [-0.2, -0.15) is 0 Å². The van der Waals surface area contributed by atoms with Gasteiger partial charge in [-0.25, -0.2) is 0 Å². The lowest BCUT2D eigenvalue weighted by molar-refractivity contribution is 0.0242. The van der Waals surface area contributed by atoms with Crippen molar-refractivity contribution >= 4 is 0 Å². The molecule has 116 valence electrons. The van der Waals surface area contributed by atoms with Crippen LogP contribution in [-0.2, 0) is 4.74 Å². The highest BCUT2D eigenvalue weighted by Crippen LogP contribution is 2.34. The molecule has 3 unspecified atom stereocenters. The van der Waals surface area contributed by atoms with E-state index in [0.29, 0.717) is 18.0 Å². The van der Waals surface area contributed by atoms with E-state index in [1.165, 1.54) is 18.4 Å². The van der Waals surface area contributed by atoms with Crippen molar-refractivity contribution in [2.24, 2.45) is 5.92 Å². The topological polar surface area (TPSA) is 33.7 Å². The Hall–Kier alpha value is -1.10. The summed E-state index contributed by atoms with van der Waals surface area (Å²) >= 11 is 0. The highest BCUT2D eigenvalue weighted by atomic mass is 16.5. The van der Waals surface area contributed by atoms with Gasteiger partial charge in [-0.1, -0.05) is 18.2 Å². The van der Waals surface area contributed by atoms with Gasteiger partial charge in [-0.3, -0.25) is 4.90 Å². The van der Waals surface area contributed by atoms with E-state index in [1.807, 2.05) is 13.1 Å². The van der Waals surface area contributed by atoms with Crippen molar-refractivity contribution in [2.45, 2.75) is 24.9 Å². The summed E-state index contributed by atoms with van der Waals surface area (Å²) < 4.78 is 11.6. The van der Waals surface area contributed by atoms with Crippen LogP contribution in [0.3, 0.4) is 0 Å². The van der Waals surface area contributed by atoms with Crippen LogP contribution in [0, 0.1) is 5.92 Å². The van der Waals surface area contributed by atoms with Crippen LogP contribution in [-0.4, -0.2) is 51.4 Å². The van der Waals surface area contributed by atoms with Crippen molar-refractivity contribution in [3.05, 3.63) is 29.8 Å². The van der Waals surface area contributed by atoms with Crippen molar-refractivity contribution < 1.29 is 9.47 Å². The number of nitrogens with one attached hydrogen (secondary N) is 1. The lowest BCUT2D eigenvalue weighted by atomic mass is 9.94. The standard InChI is InChI=1S/C17H26N2O2/c1-18-17-14-7-3-4-8-16(14)21-12-15(17)19(2)10-13-6-5-9-20-11-13/h3-4,7-8,13,15,17-18H,5-6,9-12H2,1-2H3. The van der Waals surface area contributed by atoms with Crippen molar-refractivity contribution in [1.82, 2.24) is 10.2 Å². The first-order chi connectivity index (χ1) is 10.3. The van der Waals surface area contributed by atoms with Crippen LogP contribution in [0.5, 0.6) is 5.75 Å². The maximum absolute atomic E-state index is 5.97. The Labute approximate surface area is 127 Å². The van der Waals surface area contributed by atoms with E-state index in [1.54, 1.807) is 0 Å². The molecule has 0 amide bonds. The molecular formula is C17H26N2O2. The third-order valence-electron chi connectivity index (χ3n) is 4.73. The van der Waals surface area contributed by atoms with Gasteiger partial charge in [0.05, 0.1) is 18.7 Å². The number of ether oxygens (including phenoxy) is 2. The SMILES string of the molecule is CNC1c2ccccc2OCC1N(C)CC1CCCOC1. The molecule has 3 atom stereocenters. The fourth-order valence-corrected chi connectivity index (χ4v) is 3.57. The van der Waals surface area contributed by atoms with E-state index in [0.717, 1.165) is 32.1 Å². The minimum atomic E-state index is 0.324. The summed E-state index contributed by atoms with van der Waals surface area (Å²) in [6.07, 6.45) is 2.47. The average Bonchev–Trinajstić information content (AvgIpc) is 2.54. The lowest BCUT2D eigenvalue weighted by Gasteiger charge is -2.40. The van der Waals surface area contributed by atoms with Gasteiger partial charge < -0.3 is 14.8 Å². The Morgan fingerprint density at radius 1 is 1.29 bits per heavy atom. The highest BCUT2D eigenvalue weighted by molar-refractivity contribution is 5.38. The van der Waals surface area contributed by atoms with Crippen LogP contribution in [0.2, 0.25) is 0 Å². The number of fused-ring (bicyclic) bond motifs is 1. The molecule has 1 fully saturated rings.